The third-order valence-electron chi connectivity index (χ3n) is 4.59. The van der Waals surface area contributed by atoms with Crippen LogP contribution in [0.3, 0.4) is 0 Å². The maximum atomic E-state index is 12.3. The number of fused-ring (bicyclic) bond motifs is 3. The van der Waals surface area contributed by atoms with Crippen molar-refractivity contribution in [1.82, 2.24) is 9.88 Å². The smallest absolute Gasteiger partial charge is 0.227 e. The summed E-state index contributed by atoms with van der Waals surface area (Å²) in [7, 11) is 1.95. The molecule has 1 aromatic heterocycles. The Balaban J connectivity index is 2.33. The van der Waals surface area contributed by atoms with Crippen LogP contribution in [0.4, 0.5) is 5.69 Å². The van der Waals surface area contributed by atoms with Gasteiger partial charge in [-0.3, -0.25) is 4.79 Å². The van der Waals surface area contributed by atoms with Crippen molar-refractivity contribution in [2.45, 2.75) is 32.3 Å². The molecule has 2 atom stereocenters. The van der Waals surface area contributed by atoms with Gasteiger partial charge in [-0.2, -0.15) is 0 Å². The molecule has 7 heteroatoms. The standard InChI is InChI=1S/C17H21Cl2N3O2/c1-8(23)7-21-11-6-10(18)15(19)16-14(11)13-9(2)17(24)20-5-4-12(13)22(16)3/h6,8-9,21,23H,4-5,7H2,1-3H3,(H,20,24)/t8-,9?/m0/s1. The number of aryl methyl sites for hydroxylation is 1. The van der Waals surface area contributed by atoms with Gasteiger partial charge in [-0.15, -0.1) is 0 Å². The van der Waals surface area contributed by atoms with Gasteiger partial charge in [0.2, 0.25) is 5.91 Å². The number of aromatic nitrogens is 1. The Morgan fingerprint density at radius 3 is 2.88 bits per heavy atom. The summed E-state index contributed by atoms with van der Waals surface area (Å²) in [5, 5.41) is 17.6. The van der Waals surface area contributed by atoms with E-state index in [1.165, 1.54) is 0 Å². The van der Waals surface area contributed by atoms with Crippen molar-refractivity contribution >= 4 is 45.7 Å². The van der Waals surface area contributed by atoms with Crippen molar-refractivity contribution in [1.29, 1.82) is 0 Å². The van der Waals surface area contributed by atoms with Gasteiger partial charge in [0.25, 0.3) is 0 Å². The summed E-state index contributed by atoms with van der Waals surface area (Å²) in [6.45, 7) is 4.60. The summed E-state index contributed by atoms with van der Waals surface area (Å²) in [6, 6.07) is 1.77. The van der Waals surface area contributed by atoms with Crippen LogP contribution in [0.2, 0.25) is 10.0 Å². The molecule has 0 spiro atoms. The van der Waals surface area contributed by atoms with Gasteiger partial charge in [-0.1, -0.05) is 23.2 Å². The predicted octanol–water partition coefficient (Wildman–Crippen LogP) is 3.05. The summed E-state index contributed by atoms with van der Waals surface area (Å²) in [5.41, 5.74) is 3.68. The molecule has 1 amide bonds. The van der Waals surface area contributed by atoms with Crippen LogP contribution in [0.5, 0.6) is 0 Å². The van der Waals surface area contributed by atoms with E-state index in [0.717, 1.165) is 34.3 Å². The van der Waals surface area contributed by atoms with Gasteiger partial charge in [-0.05, 0) is 25.5 Å². The van der Waals surface area contributed by atoms with Crippen molar-refractivity contribution in [3.63, 3.8) is 0 Å². The number of halogens is 2. The molecule has 24 heavy (non-hydrogen) atoms. The van der Waals surface area contributed by atoms with Crippen LogP contribution in [-0.2, 0) is 18.3 Å². The molecule has 0 saturated carbocycles. The van der Waals surface area contributed by atoms with Gasteiger partial charge in [-0.25, -0.2) is 0 Å². The first-order valence-corrected chi connectivity index (χ1v) is 8.77. The summed E-state index contributed by atoms with van der Waals surface area (Å²) in [6.07, 6.45) is 0.234. The molecule has 2 heterocycles. The molecule has 130 valence electrons. The number of hydrogen-bond acceptors (Lipinski definition) is 3. The van der Waals surface area contributed by atoms with Crippen LogP contribution in [0.1, 0.15) is 31.0 Å². The van der Waals surface area contributed by atoms with Gasteiger partial charge in [0.1, 0.15) is 0 Å². The Morgan fingerprint density at radius 2 is 2.21 bits per heavy atom. The highest BCUT2D eigenvalue weighted by atomic mass is 35.5. The van der Waals surface area contributed by atoms with Crippen LogP contribution in [0, 0.1) is 0 Å². The number of aliphatic hydroxyl groups excluding tert-OH is 1. The second-order valence-corrected chi connectivity index (χ2v) is 7.14. The maximum Gasteiger partial charge on any atom is 0.227 e. The average Bonchev–Trinajstić information content (AvgIpc) is 2.73. The van der Waals surface area contributed by atoms with Gasteiger partial charge < -0.3 is 20.3 Å². The minimum Gasteiger partial charge on any atom is -0.392 e. The highest BCUT2D eigenvalue weighted by Gasteiger charge is 2.30. The Kier molecular flexibility index (Phi) is 4.69. The van der Waals surface area contributed by atoms with E-state index in [2.05, 4.69) is 10.6 Å². The Bertz CT molecular complexity index is 814. The number of benzene rings is 1. The molecule has 5 nitrogen and oxygen atoms in total. The molecule has 0 fully saturated rings. The number of rotatable bonds is 3. The van der Waals surface area contributed by atoms with Gasteiger partial charge in [0.15, 0.2) is 0 Å². The minimum absolute atomic E-state index is 0.00815. The third kappa shape index (κ3) is 2.75. The van der Waals surface area contributed by atoms with Gasteiger partial charge in [0, 0.05) is 43.3 Å². The number of amides is 1. The SMILES string of the molecule is CC1C(=O)NCCc2c1c1c(NC[C@H](C)O)cc(Cl)c(Cl)c1n2C. The maximum absolute atomic E-state index is 12.3. The quantitative estimate of drug-likeness (QED) is 0.778. The summed E-state index contributed by atoms with van der Waals surface area (Å²) in [4.78, 5) is 12.3. The Labute approximate surface area is 150 Å². The van der Waals surface area contributed by atoms with Crippen molar-refractivity contribution in [3.8, 4) is 0 Å². The lowest BCUT2D eigenvalue weighted by Gasteiger charge is -2.15. The number of carbonyl (C=O) groups excluding carboxylic acids is 1. The molecule has 1 aliphatic heterocycles. The first kappa shape index (κ1) is 17.4. The van der Waals surface area contributed by atoms with E-state index in [9.17, 15) is 9.90 Å². The van der Waals surface area contributed by atoms with E-state index in [-0.39, 0.29) is 11.8 Å². The van der Waals surface area contributed by atoms with Crippen LogP contribution in [0.15, 0.2) is 6.07 Å². The molecular formula is C17H21Cl2N3O2. The first-order chi connectivity index (χ1) is 11.3. The lowest BCUT2D eigenvalue weighted by Crippen LogP contribution is -2.27. The highest BCUT2D eigenvalue weighted by Crippen LogP contribution is 2.43. The first-order valence-electron chi connectivity index (χ1n) is 8.01. The molecule has 0 radical (unpaired) electrons. The lowest BCUT2D eigenvalue weighted by atomic mass is 9.96. The molecule has 2 aromatic rings. The van der Waals surface area contributed by atoms with E-state index in [1.54, 1.807) is 13.0 Å². The molecule has 1 unspecified atom stereocenters. The number of nitrogens with zero attached hydrogens (tertiary/aromatic N) is 1. The molecule has 0 saturated heterocycles. The van der Waals surface area contributed by atoms with E-state index < -0.39 is 6.10 Å². The van der Waals surface area contributed by atoms with Crippen LogP contribution >= 0.6 is 23.2 Å². The fourth-order valence-corrected chi connectivity index (χ4v) is 3.89. The zero-order valence-electron chi connectivity index (χ0n) is 13.9. The fraction of sp³-hybridized carbons (Fsp3) is 0.471. The summed E-state index contributed by atoms with van der Waals surface area (Å²) in [5.74, 6) is -0.274. The predicted molar refractivity (Wildman–Crippen MR) is 98.2 cm³/mol. The number of hydrogen-bond donors (Lipinski definition) is 3. The van der Waals surface area contributed by atoms with Crippen molar-refractivity contribution in [2.24, 2.45) is 7.05 Å². The molecule has 1 aromatic carbocycles. The zero-order chi connectivity index (χ0) is 17.6. The largest absolute Gasteiger partial charge is 0.392 e. The third-order valence-corrected chi connectivity index (χ3v) is 5.37. The van der Waals surface area contributed by atoms with Gasteiger partial charge in [0.05, 0.1) is 27.6 Å². The number of anilines is 1. The Hall–Kier alpha value is -1.43. The van der Waals surface area contributed by atoms with Crippen molar-refractivity contribution < 1.29 is 9.90 Å². The monoisotopic (exact) mass is 369 g/mol. The molecule has 1 aliphatic rings. The average molecular weight is 370 g/mol. The number of aliphatic hydroxyl groups is 1. The number of nitrogens with one attached hydrogen (secondary N) is 2. The Morgan fingerprint density at radius 1 is 1.50 bits per heavy atom. The molecule has 0 bridgehead atoms. The topological polar surface area (TPSA) is 66.3 Å². The van der Waals surface area contributed by atoms with E-state index >= 15 is 0 Å². The van der Waals surface area contributed by atoms with Gasteiger partial charge >= 0.3 is 0 Å². The molecule has 3 N–H and O–H groups in total. The molecular weight excluding hydrogens is 349 g/mol. The summed E-state index contributed by atoms with van der Waals surface area (Å²) >= 11 is 12.8. The zero-order valence-corrected chi connectivity index (χ0v) is 15.4. The second kappa shape index (κ2) is 6.47. The molecule has 3 rings (SSSR count). The van der Waals surface area contributed by atoms with E-state index in [1.807, 2.05) is 18.5 Å². The highest BCUT2D eigenvalue weighted by molar-refractivity contribution is 6.45. The van der Waals surface area contributed by atoms with Crippen LogP contribution in [-0.4, -0.2) is 34.8 Å². The van der Waals surface area contributed by atoms with Crippen molar-refractivity contribution in [3.05, 3.63) is 27.4 Å². The van der Waals surface area contributed by atoms with E-state index in [4.69, 9.17) is 23.2 Å². The second-order valence-electron chi connectivity index (χ2n) is 6.36. The van der Waals surface area contributed by atoms with Crippen LogP contribution < -0.4 is 10.6 Å². The van der Waals surface area contributed by atoms with Crippen LogP contribution in [0.25, 0.3) is 10.9 Å². The lowest BCUT2D eigenvalue weighted by molar-refractivity contribution is -0.121. The minimum atomic E-state index is -0.502. The van der Waals surface area contributed by atoms with Crippen molar-refractivity contribution in [2.75, 3.05) is 18.4 Å². The summed E-state index contributed by atoms with van der Waals surface area (Å²) < 4.78 is 2.03. The van der Waals surface area contributed by atoms with E-state index in [0.29, 0.717) is 23.1 Å². The fourth-order valence-electron chi connectivity index (χ4n) is 3.41. The number of carbonyl (C=O) groups is 1. The molecule has 0 aliphatic carbocycles. The normalized spacial score (nSPS) is 18.9.